The van der Waals surface area contributed by atoms with Crippen molar-refractivity contribution in [2.75, 3.05) is 0 Å². The molecular formula is C20H18O. The maximum Gasteiger partial charge on any atom is 0.123 e. The quantitative estimate of drug-likeness (QED) is 0.733. The van der Waals surface area contributed by atoms with Gasteiger partial charge in [-0.25, -0.2) is 0 Å². The molecule has 2 unspecified atom stereocenters. The Bertz CT molecular complexity index is 559. The summed E-state index contributed by atoms with van der Waals surface area (Å²) in [7, 11) is 0. The number of terminal acetylenes is 2. The van der Waals surface area contributed by atoms with Crippen LogP contribution in [0.25, 0.3) is 0 Å². The fraction of sp³-hybridized carbons (Fsp3) is 0.200. The predicted octanol–water partition coefficient (Wildman–Crippen LogP) is 3.49. The fourth-order valence-corrected chi connectivity index (χ4v) is 2.15. The van der Waals surface area contributed by atoms with Crippen molar-refractivity contribution in [3.05, 3.63) is 71.8 Å². The van der Waals surface area contributed by atoms with Gasteiger partial charge in [0.05, 0.1) is 0 Å². The number of hydrogen-bond acceptors (Lipinski definition) is 1. The Morgan fingerprint density at radius 1 is 0.714 bits per heavy atom. The molecule has 2 aromatic carbocycles. The second kappa shape index (κ2) is 7.95. The van der Waals surface area contributed by atoms with Crippen molar-refractivity contribution in [2.45, 2.75) is 25.0 Å². The number of hydrogen-bond donors (Lipinski definition) is 0. The Kier molecular flexibility index (Phi) is 5.65. The van der Waals surface area contributed by atoms with E-state index in [1.807, 2.05) is 60.7 Å². The molecule has 0 fully saturated rings. The van der Waals surface area contributed by atoms with Gasteiger partial charge in [0.1, 0.15) is 12.2 Å². The predicted molar refractivity (Wildman–Crippen MR) is 86.6 cm³/mol. The lowest BCUT2D eigenvalue weighted by Gasteiger charge is -2.18. The standard InChI is InChI=1S/C20H18O/c1-3-19(15-17-11-7-5-8-12-17)21-20(4-2)16-18-13-9-6-10-14-18/h1-2,5-14,19-20H,15-16H2. The van der Waals surface area contributed by atoms with E-state index in [1.165, 1.54) is 0 Å². The Balaban J connectivity index is 1.96. The van der Waals surface area contributed by atoms with Gasteiger partial charge in [-0.1, -0.05) is 72.5 Å². The van der Waals surface area contributed by atoms with Crippen LogP contribution in [0.15, 0.2) is 60.7 Å². The first kappa shape index (κ1) is 14.9. The lowest BCUT2D eigenvalue weighted by molar-refractivity contribution is 0.0533. The number of ether oxygens (including phenoxy) is 1. The van der Waals surface area contributed by atoms with E-state index in [0.717, 1.165) is 11.1 Å². The third-order valence-electron chi connectivity index (χ3n) is 3.23. The summed E-state index contributed by atoms with van der Waals surface area (Å²) < 4.78 is 5.88. The summed E-state index contributed by atoms with van der Waals surface area (Å²) in [5.74, 6) is 5.37. The molecule has 104 valence electrons. The SMILES string of the molecule is C#CC(Cc1ccccc1)OC(C#C)Cc1ccccc1. The molecule has 2 aromatic rings. The summed E-state index contributed by atoms with van der Waals surface area (Å²) in [6.45, 7) is 0. The molecule has 0 saturated carbocycles. The number of rotatable bonds is 6. The van der Waals surface area contributed by atoms with Gasteiger partial charge < -0.3 is 4.74 Å². The molecule has 0 aliphatic heterocycles. The van der Waals surface area contributed by atoms with Crippen LogP contribution in [0.1, 0.15) is 11.1 Å². The van der Waals surface area contributed by atoms with Gasteiger partial charge in [-0.2, -0.15) is 0 Å². The molecule has 0 aliphatic rings. The van der Waals surface area contributed by atoms with Crippen molar-refractivity contribution in [1.82, 2.24) is 0 Å². The zero-order valence-electron chi connectivity index (χ0n) is 11.9. The van der Waals surface area contributed by atoms with Crippen LogP contribution >= 0.6 is 0 Å². The van der Waals surface area contributed by atoms with Crippen LogP contribution in [0.2, 0.25) is 0 Å². The highest BCUT2D eigenvalue weighted by molar-refractivity contribution is 5.20. The van der Waals surface area contributed by atoms with Crippen LogP contribution in [-0.4, -0.2) is 12.2 Å². The zero-order valence-corrected chi connectivity index (χ0v) is 11.9. The summed E-state index contributed by atoms with van der Waals surface area (Å²) in [6, 6.07) is 20.1. The van der Waals surface area contributed by atoms with E-state index in [2.05, 4.69) is 11.8 Å². The monoisotopic (exact) mass is 274 g/mol. The molecule has 1 heteroatoms. The molecule has 0 amide bonds. The normalized spacial score (nSPS) is 12.9. The van der Waals surface area contributed by atoms with Crippen LogP contribution in [0.3, 0.4) is 0 Å². The zero-order chi connectivity index (χ0) is 14.9. The maximum atomic E-state index is 5.88. The molecule has 21 heavy (non-hydrogen) atoms. The van der Waals surface area contributed by atoms with Crippen molar-refractivity contribution in [2.24, 2.45) is 0 Å². The highest BCUT2D eigenvalue weighted by atomic mass is 16.5. The van der Waals surface area contributed by atoms with E-state index in [0.29, 0.717) is 12.8 Å². The first-order valence-corrected chi connectivity index (χ1v) is 6.97. The molecule has 2 atom stereocenters. The largest absolute Gasteiger partial charge is 0.349 e. The highest BCUT2D eigenvalue weighted by Gasteiger charge is 2.14. The van der Waals surface area contributed by atoms with Crippen LogP contribution in [0.5, 0.6) is 0 Å². The average molecular weight is 274 g/mol. The van der Waals surface area contributed by atoms with Crippen molar-refractivity contribution < 1.29 is 4.74 Å². The third kappa shape index (κ3) is 4.84. The van der Waals surface area contributed by atoms with Crippen LogP contribution < -0.4 is 0 Å². The molecule has 0 aromatic heterocycles. The first-order valence-electron chi connectivity index (χ1n) is 6.97. The smallest absolute Gasteiger partial charge is 0.123 e. The maximum absolute atomic E-state index is 5.88. The molecule has 0 radical (unpaired) electrons. The lowest BCUT2D eigenvalue weighted by Crippen LogP contribution is -2.23. The molecule has 0 saturated heterocycles. The average Bonchev–Trinajstić information content (AvgIpc) is 2.55. The summed E-state index contributed by atoms with van der Waals surface area (Å²) in [5, 5.41) is 0. The van der Waals surface area contributed by atoms with Gasteiger partial charge >= 0.3 is 0 Å². The van der Waals surface area contributed by atoms with Gasteiger partial charge in [0.15, 0.2) is 0 Å². The highest BCUT2D eigenvalue weighted by Crippen LogP contribution is 2.11. The summed E-state index contributed by atoms with van der Waals surface area (Å²) in [5.41, 5.74) is 2.30. The van der Waals surface area contributed by atoms with Crippen molar-refractivity contribution in [3.63, 3.8) is 0 Å². The Labute approximate surface area is 127 Å². The topological polar surface area (TPSA) is 9.23 Å². The van der Waals surface area contributed by atoms with Crippen molar-refractivity contribution in [3.8, 4) is 24.7 Å². The summed E-state index contributed by atoms with van der Waals surface area (Å²) >= 11 is 0. The van der Waals surface area contributed by atoms with E-state index in [4.69, 9.17) is 17.6 Å². The fourth-order valence-electron chi connectivity index (χ4n) is 2.15. The van der Waals surface area contributed by atoms with Gasteiger partial charge in [-0.05, 0) is 11.1 Å². The minimum Gasteiger partial charge on any atom is -0.349 e. The van der Waals surface area contributed by atoms with Crippen LogP contribution in [-0.2, 0) is 17.6 Å². The van der Waals surface area contributed by atoms with Gasteiger partial charge in [0.2, 0.25) is 0 Å². The molecule has 0 bridgehead atoms. The molecule has 0 spiro atoms. The van der Waals surface area contributed by atoms with E-state index in [1.54, 1.807) is 0 Å². The third-order valence-corrected chi connectivity index (χ3v) is 3.23. The molecule has 1 nitrogen and oxygen atoms in total. The van der Waals surface area contributed by atoms with Gasteiger partial charge in [-0.3, -0.25) is 0 Å². The second-order valence-corrected chi connectivity index (χ2v) is 4.83. The molecular weight excluding hydrogens is 256 g/mol. The molecule has 0 N–H and O–H groups in total. The van der Waals surface area contributed by atoms with E-state index in [9.17, 15) is 0 Å². The molecule has 0 heterocycles. The Morgan fingerprint density at radius 3 is 1.43 bits per heavy atom. The van der Waals surface area contributed by atoms with Crippen molar-refractivity contribution in [1.29, 1.82) is 0 Å². The molecule has 2 rings (SSSR count). The van der Waals surface area contributed by atoms with Gasteiger partial charge in [0.25, 0.3) is 0 Å². The minimum atomic E-state index is -0.308. The minimum absolute atomic E-state index is 0.308. The Hall–Kier alpha value is -2.48. The molecule has 0 aliphatic carbocycles. The van der Waals surface area contributed by atoms with E-state index in [-0.39, 0.29) is 12.2 Å². The van der Waals surface area contributed by atoms with Crippen molar-refractivity contribution >= 4 is 0 Å². The van der Waals surface area contributed by atoms with Crippen LogP contribution in [0, 0.1) is 24.7 Å². The van der Waals surface area contributed by atoms with E-state index >= 15 is 0 Å². The first-order chi connectivity index (χ1) is 10.3. The van der Waals surface area contributed by atoms with Gasteiger partial charge in [-0.15, -0.1) is 12.8 Å². The second-order valence-electron chi connectivity index (χ2n) is 4.83. The van der Waals surface area contributed by atoms with Crippen LogP contribution in [0.4, 0.5) is 0 Å². The Morgan fingerprint density at radius 2 is 1.10 bits per heavy atom. The summed E-state index contributed by atoms with van der Waals surface area (Å²) in [4.78, 5) is 0. The van der Waals surface area contributed by atoms with Gasteiger partial charge in [0, 0.05) is 12.8 Å². The van der Waals surface area contributed by atoms with E-state index < -0.39 is 0 Å². The summed E-state index contributed by atoms with van der Waals surface area (Å²) in [6.07, 6.45) is 11.9. The number of benzene rings is 2. The lowest BCUT2D eigenvalue weighted by atomic mass is 10.1.